The van der Waals surface area contributed by atoms with Crippen LogP contribution in [-0.4, -0.2) is 5.11 Å². The molecular formula is C11H14Br2ClNO. The molecule has 1 aliphatic carbocycles. The number of nitrogens with two attached hydrogens (primary N) is 1. The van der Waals surface area contributed by atoms with Crippen molar-refractivity contribution in [3.8, 4) is 5.75 Å². The molecule has 0 bridgehead atoms. The van der Waals surface area contributed by atoms with Gasteiger partial charge in [0.25, 0.3) is 0 Å². The Morgan fingerprint density at radius 3 is 2.25 bits per heavy atom. The van der Waals surface area contributed by atoms with E-state index in [1.165, 1.54) is 12.8 Å². The first-order chi connectivity index (χ1) is 7.08. The van der Waals surface area contributed by atoms with Crippen molar-refractivity contribution < 1.29 is 5.11 Å². The molecule has 0 unspecified atom stereocenters. The number of aromatic hydroxyl groups is 1. The quantitative estimate of drug-likeness (QED) is 0.839. The second-order valence-corrected chi connectivity index (χ2v) is 5.83. The molecular weight excluding hydrogens is 357 g/mol. The first kappa shape index (κ1) is 14.3. The van der Waals surface area contributed by atoms with Crippen molar-refractivity contribution in [2.45, 2.75) is 25.3 Å². The van der Waals surface area contributed by atoms with Gasteiger partial charge in [0, 0.05) is 6.04 Å². The van der Waals surface area contributed by atoms with Gasteiger partial charge in [0.2, 0.25) is 0 Å². The Labute approximate surface area is 118 Å². The van der Waals surface area contributed by atoms with Crippen molar-refractivity contribution in [3.63, 3.8) is 0 Å². The molecule has 2 nitrogen and oxygen atoms in total. The van der Waals surface area contributed by atoms with E-state index in [0.717, 1.165) is 17.9 Å². The normalized spacial score (nSPS) is 16.7. The number of halogens is 3. The minimum absolute atomic E-state index is 0. The average Bonchev–Trinajstić information content (AvgIpc) is 2.97. The largest absolute Gasteiger partial charge is 0.506 e. The Morgan fingerprint density at radius 2 is 1.81 bits per heavy atom. The highest BCUT2D eigenvalue weighted by Crippen LogP contribution is 2.39. The van der Waals surface area contributed by atoms with Gasteiger partial charge in [-0.25, -0.2) is 0 Å². The van der Waals surface area contributed by atoms with Crippen molar-refractivity contribution >= 4 is 44.3 Å². The first-order valence-corrected chi connectivity index (χ1v) is 6.60. The summed E-state index contributed by atoms with van der Waals surface area (Å²) in [5.74, 6) is 1.05. The summed E-state index contributed by atoms with van der Waals surface area (Å²) in [6, 6.07) is 3.87. The molecule has 2 rings (SSSR count). The summed E-state index contributed by atoms with van der Waals surface area (Å²) >= 11 is 6.62. The molecule has 3 N–H and O–H groups in total. The molecule has 5 heteroatoms. The lowest BCUT2D eigenvalue weighted by molar-refractivity contribution is 0.467. The molecule has 1 aromatic carbocycles. The van der Waals surface area contributed by atoms with E-state index < -0.39 is 0 Å². The van der Waals surface area contributed by atoms with Gasteiger partial charge in [-0.3, -0.25) is 0 Å². The van der Waals surface area contributed by atoms with Crippen molar-refractivity contribution in [2.75, 3.05) is 0 Å². The van der Waals surface area contributed by atoms with Gasteiger partial charge in [-0.15, -0.1) is 12.4 Å². The third-order valence-electron chi connectivity index (χ3n) is 2.75. The summed E-state index contributed by atoms with van der Waals surface area (Å²) in [5, 5.41) is 9.57. The third kappa shape index (κ3) is 3.36. The second kappa shape index (κ2) is 5.71. The van der Waals surface area contributed by atoms with Gasteiger partial charge in [0.1, 0.15) is 5.75 Å². The first-order valence-electron chi connectivity index (χ1n) is 5.01. The van der Waals surface area contributed by atoms with Crippen LogP contribution in [0.15, 0.2) is 21.1 Å². The number of rotatable bonds is 3. The minimum atomic E-state index is 0. The van der Waals surface area contributed by atoms with Crippen LogP contribution < -0.4 is 5.73 Å². The smallest absolute Gasteiger partial charge is 0.143 e. The standard InChI is InChI=1S/C11H13Br2NO.ClH/c12-8-4-7(5-9(13)11(8)15)10(14)3-6-1-2-6;/h4-6,10,15H,1-3,14H2;1H/t10-;/m1./s1. The Kier molecular flexibility index (Phi) is 5.10. The second-order valence-electron chi connectivity index (χ2n) is 4.12. The highest BCUT2D eigenvalue weighted by atomic mass is 79.9. The molecule has 0 spiro atoms. The fraction of sp³-hybridized carbons (Fsp3) is 0.455. The maximum atomic E-state index is 9.57. The third-order valence-corrected chi connectivity index (χ3v) is 3.96. The number of hydrogen-bond donors (Lipinski definition) is 2. The van der Waals surface area contributed by atoms with Crippen LogP contribution in [0.25, 0.3) is 0 Å². The zero-order valence-electron chi connectivity index (χ0n) is 8.62. The van der Waals surface area contributed by atoms with Crippen LogP contribution in [0.3, 0.4) is 0 Å². The van der Waals surface area contributed by atoms with E-state index in [1.807, 2.05) is 12.1 Å². The summed E-state index contributed by atoms with van der Waals surface area (Å²) in [6.45, 7) is 0. The van der Waals surface area contributed by atoms with Crippen LogP contribution >= 0.6 is 44.3 Å². The summed E-state index contributed by atoms with van der Waals surface area (Å²) in [6.07, 6.45) is 3.67. The van der Waals surface area contributed by atoms with Gasteiger partial charge in [-0.05, 0) is 61.9 Å². The van der Waals surface area contributed by atoms with E-state index in [-0.39, 0.29) is 24.2 Å². The average molecular weight is 372 g/mol. The molecule has 1 atom stereocenters. The van der Waals surface area contributed by atoms with E-state index in [1.54, 1.807) is 0 Å². The molecule has 1 aliphatic rings. The zero-order valence-corrected chi connectivity index (χ0v) is 12.6. The molecule has 0 aliphatic heterocycles. The number of phenolic OH excluding ortho intramolecular Hbond substituents is 1. The van der Waals surface area contributed by atoms with E-state index in [4.69, 9.17) is 5.73 Å². The Bertz CT molecular complexity index is 359. The predicted molar refractivity (Wildman–Crippen MR) is 75.0 cm³/mol. The van der Waals surface area contributed by atoms with Crippen molar-refractivity contribution in [1.82, 2.24) is 0 Å². The summed E-state index contributed by atoms with van der Waals surface area (Å²) < 4.78 is 1.39. The van der Waals surface area contributed by atoms with Crippen LogP contribution in [0.1, 0.15) is 30.9 Å². The van der Waals surface area contributed by atoms with Crippen LogP contribution in [0, 0.1) is 5.92 Å². The van der Waals surface area contributed by atoms with E-state index >= 15 is 0 Å². The summed E-state index contributed by atoms with van der Waals surface area (Å²) in [7, 11) is 0. The maximum Gasteiger partial charge on any atom is 0.143 e. The topological polar surface area (TPSA) is 46.2 Å². The van der Waals surface area contributed by atoms with Crippen molar-refractivity contribution in [3.05, 3.63) is 26.6 Å². The lowest BCUT2D eigenvalue weighted by Gasteiger charge is -2.13. The molecule has 0 heterocycles. The van der Waals surface area contributed by atoms with E-state index in [9.17, 15) is 5.11 Å². The SMILES string of the molecule is Cl.N[C@H](CC1CC1)c1cc(Br)c(O)c(Br)c1. The van der Waals surface area contributed by atoms with Crippen LogP contribution in [0.5, 0.6) is 5.75 Å². The fourth-order valence-electron chi connectivity index (χ4n) is 1.65. The van der Waals surface area contributed by atoms with Gasteiger partial charge in [0.15, 0.2) is 0 Å². The predicted octanol–water partition coefficient (Wildman–Crippen LogP) is 4.14. The van der Waals surface area contributed by atoms with Crippen LogP contribution in [-0.2, 0) is 0 Å². The molecule has 0 saturated heterocycles. The number of benzene rings is 1. The van der Waals surface area contributed by atoms with Crippen LogP contribution in [0.4, 0.5) is 0 Å². The molecule has 90 valence electrons. The van der Waals surface area contributed by atoms with Gasteiger partial charge in [-0.1, -0.05) is 12.8 Å². The van der Waals surface area contributed by atoms with Crippen LogP contribution in [0.2, 0.25) is 0 Å². The molecule has 0 radical (unpaired) electrons. The Hall–Kier alpha value is 0.230. The number of phenols is 1. The molecule has 16 heavy (non-hydrogen) atoms. The maximum absolute atomic E-state index is 9.57. The van der Waals surface area contributed by atoms with Gasteiger partial charge in [0.05, 0.1) is 8.95 Å². The lowest BCUT2D eigenvalue weighted by Crippen LogP contribution is -2.11. The molecule has 0 aromatic heterocycles. The van der Waals surface area contributed by atoms with Crippen molar-refractivity contribution in [1.29, 1.82) is 0 Å². The van der Waals surface area contributed by atoms with Gasteiger partial charge in [-0.2, -0.15) is 0 Å². The lowest BCUT2D eigenvalue weighted by atomic mass is 10.0. The van der Waals surface area contributed by atoms with E-state index in [2.05, 4.69) is 31.9 Å². The molecule has 1 fully saturated rings. The van der Waals surface area contributed by atoms with Gasteiger partial charge < -0.3 is 10.8 Å². The Morgan fingerprint density at radius 1 is 1.31 bits per heavy atom. The monoisotopic (exact) mass is 369 g/mol. The Balaban J connectivity index is 0.00000128. The fourth-order valence-corrected chi connectivity index (χ4v) is 2.87. The number of hydrogen-bond acceptors (Lipinski definition) is 2. The molecule has 1 saturated carbocycles. The zero-order chi connectivity index (χ0) is 11.0. The van der Waals surface area contributed by atoms with Crippen molar-refractivity contribution in [2.24, 2.45) is 11.7 Å². The van der Waals surface area contributed by atoms with E-state index in [0.29, 0.717) is 8.95 Å². The summed E-state index contributed by atoms with van der Waals surface area (Å²) in [5.41, 5.74) is 7.17. The highest BCUT2D eigenvalue weighted by molar-refractivity contribution is 9.11. The summed E-state index contributed by atoms with van der Waals surface area (Å²) in [4.78, 5) is 0. The molecule has 1 aromatic rings. The molecule has 0 amide bonds. The highest BCUT2D eigenvalue weighted by Gasteiger charge is 2.25. The minimum Gasteiger partial charge on any atom is -0.506 e. The van der Waals surface area contributed by atoms with Gasteiger partial charge >= 0.3 is 0 Å².